The van der Waals surface area contributed by atoms with Gasteiger partial charge in [-0.05, 0) is 54.7 Å². The molecule has 0 unspecified atom stereocenters. The van der Waals surface area contributed by atoms with Crippen LogP contribution < -0.4 is 5.32 Å². The summed E-state index contributed by atoms with van der Waals surface area (Å²) in [4.78, 5) is 12.5. The van der Waals surface area contributed by atoms with Crippen LogP contribution in [0, 0.1) is 13.8 Å². The molecule has 0 heterocycles. The predicted molar refractivity (Wildman–Crippen MR) is 108 cm³/mol. The van der Waals surface area contributed by atoms with Gasteiger partial charge < -0.3 is 5.32 Å². The summed E-state index contributed by atoms with van der Waals surface area (Å²) in [5.74, 6) is 0.269. The fourth-order valence-electron chi connectivity index (χ4n) is 3.21. The lowest BCUT2D eigenvalue weighted by Gasteiger charge is -2.18. The molecule has 3 aromatic carbocycles. The molecule has 0 aromatic heterocycles. The van der Waals surface area contributed by atoms with Gasteiger partial charge in [0.15, 0.2) is 0 Å². The van der Waals surface area contributed by atoms with Crippen molar-refractivity contribution in [1.82, 2.24) is 5.32 Å². The molecule has 0 aliphatic heterocycles. The van der Waals surface area contributed by atoms with Crippen LogP contribution in [0.2, 0.25) is 0 Å². The first-order chi connectivity index (χ1) is 12.6. The van der Waals surface area contributed by atoms with E-state index in [2.05, 4.69) is 60.8 Å². The van der Waals surface area contributed by atoms with E-state index in [0.29, 0.717) is 6.54 Å². The normalized spacial score (nSPS) is 10.7. The first kappa shape index (κ1) is 17.9. The summed E-state index contributed by atoms with van der Waals surface area (Å²) < 4.78 is 0. The van der Waals surface area contributed by atoms with Gasteiger partial charge in [-0.25, -0.2) is 0 Å². The number of aryl methyl sites for hydroxylation is 2. The van der Waals surface area contributed by atoms with Gasteiger partial charge in [0.25, 0.3) is 5.91 Å². The van der Waals surface area contributed by atoms with Crippen molar-refractivity contribution in [2.45, 2.75) is 26.2 Å². The van der Waals surface area contributed by atoms with E-state index in [1.54, 1.807) is 0 Å². The van der Waals surface area contributed by atoms with Crippen molar-refractivity contribution in [3.05, 3.63) is 107 Å². The largest absolute Gasteiger partial charge is 0.352 e. The Balaban J connectivity index is 1.68. The summed E-state index contributed by atoms with van der Waals surface area (Å²) in [6.07, 6.45) is 0.866. The van der Waals surface area contributed by atoms with Crippen LogP contribution in [0.25, 0.3) is 0 Å². The number of benzene rings is 3. The molecule has 0 saturated heterocycles. The summed E-state index contributed by atoms with van der Waals surface area (Å²) in [5.41, 5.74) is 5.63. The zero-order valence-electron chi connectivity index (χ0n) is 15.4. The van der Waals surface area contributed by atoms with Crippen LogP contribution in [-0.4, -0.2) is 12.5 Å². The Bertz CT molecular complexity index is 816. The monoisotopic (exact) mass is 343 g/mol. The lowest BCUT2D eigenvalue weighted by atomic mass is 9.88. The van der Waals surface area contributed by atoms with E-state index in [1.807, 2.05) is 37.3 Å². The maximum absolute atomic E-state index is 12.5. The Morgan fingerprint density at radius 2 is 1.38 bits per heavy atom. The number of nitrogens with one attached hydrogen (secondary N) is 1. The Kier molecular flexibility index (Phi) is 5.85. The first-order valence-corrected chi connectivity index (χ1v) is 9.10. The zero-order chi connectivity index (χ0) is 18.4. The molecule has 0 bridgehead atoms. The van der Waals surface area contributed by atoms with E-state index in [9.17, 15) is 4.79 Å². The molecule has 0 atom stereocenters. The van der Waals surface area contributed by atoms with Crippen LogP contribution >= 0.6 is 0 Å². The molecule has 2 nitrogen and oxygen atoms in total. The van der Waals surface area contributed by atoms with E-state index in [0.717, 1.165) is 17.5 Å². The third kappa shape index (κ3) is 4.40. The highest BCUT2D eigenvalue weighted by Gasteiger charge is 2.14. The van der Waals surface area contributed by atoms with E-state index >= 15 is 0 Å². The Labute approximate surface area is 155 Å². The van der Waals surface area contributed by atoms with Crippen LogP contribution in [0.4, 0.5) is 0 Å². The van der Waals surface area contributed by atoms with Crippen molar-refractivity contribution < 1.29 is 4.79 Å². The number of carbonyl (C=O) groups excluding carboxylic acids is 1. The molecule has 0 saturated carbocycles. The van der Waals surface area contributed by atoms with E-state index in [1.165, 1.54) is 16.7 Å². The second-order valence-corrected chi connectivity index (χ2v) is 6.72. The highest BCUT2D eigenvalue weighted by atomic mass is 16.1. The molecule has 3 aromatic rings. The topological polar surface area (TPSA) is 29.1 Å². The minimum Gasteiger partial charge on any atom is -0.352 e. The summed E-state index contributed by atoms with van der Waals surface area (Å²) in [6, 6.07) is 26.8. The molecule has 0 aliphatic carbocycles. The van der Waals surface area contributed by atoms with Crippen LogP contribution in [-0.2, 0) is 0 Å². The van der Waals surface area contributed by atoms with Crippen LogP contribution in [0.5, 0.6) is 0 Å². The predicted octanol–water partition coefficient (Wildman–Crippen LogP) is 5.26. The minimum absolute atomic E-state index is 0.00651. The zero-order valence-corrected chi connectivity index (χ0v) is 15.4. The quantitative estimate of drug-likeness (QED) is 0.650. The van der Waals surface area contributed by atoms with Gasteiger partial charge in [-0.2, -0.15) is 0 Å². The number of rotatable bonds is 6. The van der Waals surface area contributed by atoms with Gasteiger partial charge >= 0.3 is 0 Å². The van der Waals surface area contributed by atoms with Crippen LogP contribution in [0.1, 0.15) is 45.0 Å². The Morgan fingerprint density at radius 1 is 0.808 bits per heavy atom. The second-order valence-electron chi connectivity index (χ2n) is 6.72. The van der Waals surface area contributed by atoms with Crippen molar-refractivity contribution in [1.29, 1.82) is 0 Å². The maximum Gasteiger partial charge on any atom is 0.251 e. The van der Waals surface area contributed by atoms with Crippen molar-refractivity contribution in [2.24, 2.45) is 0 Å². The fourth-order valence-corrected chi connectivity index (χ4v) is 3.21. The molecule has 0 aliphatic rings. The fraction of sp³-hybridized carbons (Fsp3) is 0.208. The van der Waals surface area contributed by atoms with Gasteiger partial charge in [0, 0.05) is 18.0 Å². The molecule has 0 radical (unpaired) electrons. The number of carbonyl (C=O) groups is 1. The van der Waals surface area contributed by atoms with E-state index in [4.69, 9.17) is 0 Å². The van der Waals surface area contributed by atoms with Crippen molar-refractivity contribution in [3.8, 4) is 0 Å². The molecular weight excluding hydrogens is 318 g/mol. The lowest BCUT2D eigenvalue weighted by Crippen LogP contribution is -2.26. The van der Waals surface area contributed by atoms with Gasteiger partial charge in [0.2, 0.25) is 0 Å². The number of hydrogen-bond donors (Lipinski definition) is 1. The lowest BCUT2D eigenvalue weighted by molar-refractivity contribution is 0.0952. The smallest absolute Gasteiger partial charge is 0.251 e. The van der Waals surface area contributed by atoms with Crippen molar-refractivity contribution in [3.63, 3.8) is 0 Å². The Hall–Kier alpha value is -2.87. The molecule has 1 amide bonds. The SMILES string of the molecule is Cc1ccc(C(=O)NCCC(c2ccccc2)c2ccccc2)cc1C. The number of hydrogen-bond acceptors (Lipinski definition) is 1. The third-order valence-corrected chi connectivity index (χ3v) is 4.89. The van der Waals surface area contributed by atoms with Gasteiger partial charge in [-0.15, -0.1) is 0 Å². The highest BCUT2D eigenvalue weighted by Crippen LogP contribution is 2.27. The maximum atomic E-state index is 12.5. The first-order valence-electron chi connectivity index (χ1n) is 9.10. The standard InChI is InChI=1S/C24H25NO/c1-18-13-14-22(17-19(18)2)24(26)25-16-15-23(20-9-5-3-6-10-20)21-11-7-4-8-12-21/h3-14,17,23H,15-16H2,1-2H3,(H,25,26). The van der Waals surface area contributed by atoms with Gasteiger partial charge in [0.1, 0.15) is 0 Å². The average molecular weight is 343 g/mol. The average Bonchev–Trinajstić information content (AvgIpc) is 2.68. The van der Waals surface area contributed by atoms with Crippen LogP contribution in [0.3, 0.4) is 0 Å². The molecular formula is C24H25NO. The van der Waals surface area contributed by atoms with Crippen molar-refractivity contribution in [2.75, 3.05) is 6.54 Å². The van der Waals surface area contributed by atoms with E-state index < -0.39 is 0 Å². The molecule has 0 spiro atoms. The molecule has 0 fully saturated rings. The summed E-state index contributed by atoms with van der Waals surface area (Å²) in [6.45, 7) is 4.73. The van der Waals surface area contributed by atoms with Gasteiger partial charge in [-0.3, -0.25) is 4.79 Å². The molecule has 1 N–H and O–H groups in total. The molecule has 3 rings (SSSR count). The summed E-state index contributed by atoms with van der Waals surface area (Å²) in [5, 5.41) is 3.08. The molecule has 26 heavy (non-hydrogen) atoms. The second kappa shape index (κ2) is 8.48. The van der Waals surface area contributed by atoms with Crippen LogP contribution in [0.15, 0.2) is 78.9 Å². The summed E-state index contributed by atoms with van der Waals surface area (Å²) >= 11 is 0. The number of amides is 1. The van der Waals surface area contributed by atoms with Crippen molar-refractivity contribution >= 4 is 5.91 Å². The molecule has 2 heteroatoms. The highest BCUT2D eigenvalue weighted by molar-refractivity contribution is 5.94. The Morgan fingerprint density at radius 3 is 1.92 bits per heavy atom. The molecule has 132 valence electrons. The van der Waals surface area contributed by atoms with Gasteiger partial charge in [0.05, 0.1) is 0 Å². The van der Waals surface area contributed by atoms with Gasteiger partial charge in [-0.1, -0.05) is 66.7 Å². The minimum atomic E-state index is -0.00651. The summed E-state index contributed by atoms with van der Waals surface area (Å²) in [7, 11) is 0. The third-order valence-electron chi connectivity index (χ3n) is 4.89. The van der Waals surface area contributed by atoms with E-state index in [-0.39, 0.29) is 11.8 Å².